The van der Waals surface area contributed by atoms with Crippen molar-refractivity contribution >= 4 is 22.0 Å². The molecule has 1 saturated heterocycles. The number of nitrogens with one attached hydrogen (secondary N) is 1. The summed E-state index contributed by atoms with van der Waals surface area (Å²) in [6.07, 6.45) is 8.85. The van der Waals surface area contributed by atoms with Gasteiger partial charge in [-0.3, -0.25) is 10.0 Å². The Morgan fingerprint density at radius 3 is 2.33 bits per heavy atom. The third kappa shape index (κ3) is 6.42. The number of hydroxylamine groups is 1. The van der Waals surface area contributed by atoms with E-state index in [0.29, 0.717) is 12.2 Å². The van der Waals surface area contributed by atoms with Crippen LogP contribution in [0.2, 0.25) is 0 Å². The highest BCUT2D eigenvalue weighted by Gasteiger charge is 2.17. The molecule has 1 aliphatic rings. The van der Waals surface area contributed by atoms with Crippen LogP contribution < -0.4 is 10.2 Å². The van der Waals surface area contributed by atoms with Crippen LogP contribution in [-0.4, -0.2) is 55.1 Å². The summed E-state index contributed by atoms with van der Waals surface area (Å²) in [7, 11) is -1.61. The predicted octanol–water partition coefficient (Wildman–Crippen LogP) is 4.02. The molecule has 2 heterocycles. The molecule has 8 nitrogen and oxygen atoms in total. The third-order valence-corrected chi connectivity index (χ3v) is 8.13. The van der Waals surface area contributed by atoms with Crippen LogP contribution in [0.1, 0.15) is 24.8 Å². The van der Waals surface area contributed by atoms with Crippen molar-refractivity contribution in [2.24, 2.45) is 5.92 Å². The Bertz CT molecular complexity index is 1290. The SMILES string of the molecule is CN1CCC(CCOc2ccc(-c3ccc(S(=O)(=O)n4ccc(C=CC(=O)NO)c4)cc3)cc2)CC1. The number of ether oxygens (including phenoxy) is 1. The molecule has 0 unspecified atom stereocenters. The Hall–Kier alpha value is -3.40. The van der Waals surface area contributed by atoms with Gasteiger partial charge in [-0.1, -0.05) is 24.3 Å². The van der Waals surface area contributed by atoms with Gasteiger partial charge >= 0.3 is 0 Å². The number of likely N-dealkylation sites (tertiary alicyclic amines) is 1. The Balaban J connectivity index is 1.35. The smallest absolute Gasteiger partial charge is 0.267 e. The molecule has 190 valence electrons. The van der Waals surface area contributed by atoms with Gasteiger partial charge in [0.2, 0.25) is 0 Å². The second-order valence-electron chi connectivity index (χ2n) is 9.02. The molecule has 0 radical (unpaired) electrons. The van der Waals surface area contributed by atoms with E-state index in [-0.39, 0.29) is 4.90 Å². The first-order chi connectivity index (χ1) is 17.3. The Morgan fingerprint density at radius 1 is 1.06 bits per heavy atom. The highest BCUT2D eigenvalue weighted by Crippen LogP contribution is 2.26. The van der Waals surface area contributed by atoms with E-state index in [1.807, 2.05) is 24.3 Å². The Labute approximate surface area is 211 Å². The molecule has 9 heteroatoms. The molecule has 1 aromatic heterocycles. The van der Waals surface area contributed by atoms with Crippen molar-refractivity contribution in [3.05, 3.63) is 78.6 Å². The summed E-state index contributed by atoms with van der Waals surface area (Å²) >= 11 is 0. The number of hydrogen-bond donors (Lipinski definition) is 2. The van der Waals surface area contributed by atoms with Crippen molar-refractivity contribution < 1.29 is 23.2 Å². The Morgan fingerprint density at radius 2 is 1.69 bits per heavy atom. The third-order valence-electron chi connectivity index (χ3n) is 6.48. The number of hydrogen-bond acceptors (Lipinski definition) is 6. The van der Waals surface area contributed by atoms with Crippen LogP contribution in [0.15, 0.2) is 78.0 Å². The van der Waals surface area contributed by atoms with Crippen molar-refractivity contribution in [1.29, 1.82) is 0 Å². The predicted molar refractivity (Wildman–Crippen MR) is 138 cm³/mol. The van der Waals surface area contributed by atoms with E-state index in [1.54, 1.807) is 30.3 Å². The van der Waals surface area contributed by atoms with Crippen LogP contribution in [0.4, 0.5) is 0 Å². The standard InChI is InChI=1S/C27H31N3O5S/c1-29-16-12-21(13-17-29)15-19-35-25-7-3-23(4-8-25)24-5-9-26(10-6-24)36(33,34)30-18-14-22(20-30)2-11-27(31)28-32/h2-11,14,18,20-21,32H,12-13,15-17,19H2,1H3,(H,28,31). The molecular formula is C27H31N3O5S. The van der Waals surface area contributed by atoms with E-state index in [1.165, 1.54) is 36.8 Å². The fourth-order valence-corrected chi connectivity index (χ4v) is 5.43. The summed E-state index contributed by atoms with van der Waals surface area (Å²) in [4.78, 5) is 13.6. The molecule has 1 fully saturated rings. The molecule has 2 N–H and O–H groups in total. The number of aromatic nitrogens is 1. The number of nitrogens with zero attached hydrogens (tertiary/aromatic N) is 2. The summed E-state index contributed by atoms with van der Waals surface area (Å²) in [6, 6.07) is 16.1. The number of amides is 1. The van der Waals surface area contributed by atoms with Gasteiger partial charge in [0.05, 0.1) is 11.5 Å². The molecule has 4 rings (SSSR count). The molecule has 1 amide bonds. The largest absolute Gasteiger partial charge is 0.494 e. The van der Waals surface area contributed by atoms with Gasteiger partial charge in [0.1, 0.15) is 5.75 Å². The highest BCUT2D eigenvalue weighted by molar-refractivity contribution is 7.90. The number of carbonyl (C=O) groups is 1. The van der Waals surface area contributed by atoms with Gasteiger partial charge in [-0.15, -0.1) is 0 Å². The maximum absolute atomic E-state index is 13.0. The van der Waals surface area contributed by atoms with Crippen LogP contribution in [-0.2, 0) is 14.8 Å². The van der Waals surface area contributed by atoms with E-state index in [2.05, 4.69) is 11.9 Å². The zero-order chi connectivity index (χ0) is 25.5. The summed E-state index contributed by atoms with van der Waals surface area (Å²) < 4.78 is 33.0. The minimum atomic E-state index is -3.78. The molecule has 2 aromatic carbocycles. The second-order valence-corrected chi connectivity index (χ2v) is 10.9. The molecule has 0 saturated carbocycles. The lowest BCUT2D eigenvalue weighted by molar-refractivity contribution is -0.124. The minimum absolute atomic E-state index is 0.152. The molecular weight excluding hydrogens is 478 g/mol. The van der Waals surface area contributed by atoms with Gasteiger partial charge in [-0.25, -0.2) is 17.9 Å². The zero-order valence-electron chi connectivity index (χ0n) is 20.2. The van der Waals surface area contributed by atoms with E-state index < -0.39 is 15.9 Å². The molecule has 3 aromatic rings. The fraction of sp³-hybridized carbons (Fsp3) is 0.296. The van der Waals surface area contributed by atoms with Crippen LogP contribution >= 0.6 is 0 Å². The lowest BCUT2D eigenvalue weighted by Crippen LogP contribution is -2.30. The first kappa shape index (κ1) is 25.7. The molecule has 1 aliphatic heterocycles. The summed E-state index contributed by atoms with van der Waals surface area (Å²) in [5.74, 6) is 0.867. The average molecular weight is 510 g/mol. The molecule has 0 aliphatic carbocycles. The van der Waals surface area contributed by atoms with Gasteiger partial charge in [-0.05, 0) is 98.4 Å². The van der Waals surface area contributed by atoms with E-state index in [9.17, 15) is 13.2 Å². The maximum Gasteiger partial charge on any atom is 0.267 e. The van der Waals surface area contributed by atoms with Gasteiger partial charge < -0.3 is 9.64 Å². The minimum Gasteiger partial charge on any atom is -0.494 e. The molecule has 0 spiro atoms. The highest BCUT2D eigenvalue weighted by atomic mass is 32.2. The van der Waals surface area contributed by atoms with Gasteiger partial charge in [0, 0.05) is 18.5 Å². The molecule has 0 atom stereocenters. The molecule has 36 heavy (non-hydrogen) atoms. The van der Waals surface area contributed by atoms with Crippen molar-refractivity contribution in [2.75, 3.05) is 26.7 Å². The monoisotopic (exact) mass is 509 g/mol. The topological polar surface area (TPSA) is 101 Å². The first-order valence-electron chi connectivity index (χ1n) is 11.9. The van der Waals surface area contributed by atoms with Crippen molar-refractivity contribution in [1.82, 2.24) is 14.4 Å². The number of rotatable bonds is 9. The Kier molecular flexibility index (Phi) is 8.25. The van der Waals surface area contributed by atoms with Gasteiger partial charge in [0.15, 0.2) is 0 Å². The fourth-order valence-electron chi connectivity index (χ4n) is 4.23. The number of piperidine rings is 1. The van der Waals surface area contributed by atoms with E-state index in [0.717, 1.165) is 52.4 Å². The summed E-state index contributed by atoms with van der Waals surface area (Å²) in [6.45, 7) is 3.04. The molecule has 0 bridgehead atoms. The van der Waals surface area contributed by atoms with Crippen molar-refractivity contribution in [2.45, 2.75) is 24.2 Å². The number of benzene rings is 2. The quantitative estimate of drug-likeness (QED) is 0.257. The van der Waals surface area contributed by atoms with E-state index >= 15 is 0 Å². The van der Waals surface area contributed by atoms with Crippen LogP contribution in [0.5, 0.6) is 5.75 Å². The van der Waals surface area contributed by atoms with Crippen LogP contribution in [0, 0.1) is 5.92 Å². The maximum atomic E-state index is 13.0. The van der Waals surface area contributed by atoms with Gasteiger partial charge in [-0.2, -0.15) is 0 Å². The van der Waals surface area contributed by atoms with E-state index in [4.69, 9.17) is 9.94 Å². The van der Waals surface area contributed by atoms with Crippen LogP contribution in [0.25, 0.3) is 17.2 Å². The second kappa shape index (κ2) is 11.6. The average Bonchev–Trinajstić information content (AvgIpc) is 3.39. The summed E-state index contributed by atoms with van der Waals surface area (Å²) in [5.41, 5.74) is 3.86. The number of carbonyl (C=O) groups excluding carboxylic acids is 1. The normalized spacial score (nSPS) is 15.3. The van der Waals surface area contributed by atoms with Gasteiger partial charge in [0.25, 0.3) is 15.9 Å². The lowest BCUT2D eigenvalue weighted by Gasteiger charge is -2.28. The first-order valence-corrected chi connectivity index (χ1v) is 13.4. The zero-order valence-corrected chi connectivity index (χ0v) is 21.0. The summed E-state index contributed by atoms with van der Waals surface area (Å²) in [5, 5.41) is 8.54. The van der Waals surface area contributed by atoms with Crippen molar-refractivity contribution in [3.8, 4) is 16.9 Å². The lowest BCUT2D eigenvalue weighted by atomic mass is 9.94. The van der Waals surface area contributed by atoms with Crippen molar-refractivity contribution in [3.63, 3.8) is 0 Å². The van der Waals surface area contributed by atoms with Crippen LogP contribution in [0.3, 0.4) is 0 Å².